The first kappa shape index (κ1) is 17.9. The second-order valence-electron chi connectivity index (χ2n) is 7.06. The highest BCUT2D eigenvalue weighted by Gasteiger charge is 2.12. The topological polar surface area (TPSA) is 42.5 Å². The summed E-state index contributed by atoms with van der Waals surface area (Å²) in [6.45, 7) is 4.30. The minimum Gasteiger partial charge on any atom is -0.262 e. The van der Waals surface area contributed by atoms with Gasteiger partial charge in [0.15, 0.2) is 0 Å². The van der Waals surface area contributed by atoms with E-state index in [4.69, 9.17) is 10.1 Å². The van der Waals surface area contributed by atoms with E-state index in [1.54, 1.807) is 23.7 Å². The van der Waals surface area contributed by atoms with Crippen LogP contribution >= 0.6 is 11.3 Å². The second-order valence-corrected chi connectivity index (χ2v) is 7.90. The van der Waals surface area contributed by atoms with Crippen LogP contribution in [-0.2, 0) is 0 Å². The number of hydrogen-bond acceptors (Lipinski definition) is 4. The van der Waals surface area contributed by atoms with Crippen LogP contribution in [0.3, 0.4) is 0 Å². The van der Waals surface area contributed by atoms with Crippen molar-refractivity contribution in [1.82, 2.24) is 9.66 Å². The average molecular weight is 377 g/mol. The number of nitrogens with zero attached hydrogens (tertiary/aromatic N) is 4. The summed E-state index contributed by atoms with van der Waals surface area (Å²) in [5, 5.41) is 7.19. The maximum Gasteiger partial charge on any atom is 0.211 e. The van der Waals surface area contributed by atoms with Gasteiger partial charge in [-0.2, -0.15) is 5.10 Å². The van der Waals surface area contributed by atoms with Crippen LogP contribution < -0.4 is 4.80 Å². The molecule has 5 heteroatoms. The maximum atomic E-state index is 5.03. The Balaban J connectivity index is 1.86. The molecule has 0 aliphatic heterocycles. The van der Waals surface area contributed by atoms with Crippen LogP contribution in [0.4, 0.5) is 5.69 Å². The van der Waals surface area contributed by atoms with E-state index in [-0.39, 0.29) is 0 Å². The predicted octanol–water partition coefficient (Wildman–Crippen LogP) is 5.63. The zero-order valence-corrected chi connectivity index (χ0v) is 16.7. The van der Waals surface area contributed by atoms with Gasteiger partial charge in [-0.05, 0) is 68.9 Å². The van der Waals surface area contributed by atoms with Gasteiger partial charge in [0.05, 0.1) is 17.6 Å². The SMILES string of the molecule is Cc1ccc(-c2csc(=Nc3cccnc3)n2N=C2CCCCC2)cc1C. The number of pyridine rings is 1. The van der Waals surface area contributed by atoms with Gasteiger partial charge in [0.2, 0.25) is 4.80 Å². The molecule has 138 valence electrons. The fourth-order valence-electron chi connectivity index (χ4n) is 3.30. The molecular weight excluding hydrogens is 352 g/mol. The van der Waals surface area contributed by atoms with Crippen molar-refractivity contribution in [3.63, 3.8) is 0 Å². The largest absolute Gasteiger partial charge is 0.262 e. The van der Waals surface area contributed by atoms with Crippen LogP contribution in [0.15, 0.2) is 58.2 Å². The van der Waals surface area contributed by atoms with Crippen molar-refractivity contribution in [3.05, 3.63) is 64.0 Å². The molecule has 1 aromatic carbocycles. The molecule has 4 nitrogen and oxygen atoms in total. The van der Waals surface area contributed by atoms with Gasteiger partial charge in [-0.3, -0.25) is 4.98 Å². The molecule has 27 heavy (non-hydrogen) atoms. The van der Waals surface area contributed by atoms with Crippen LogP contribution in [0.25, 0.3) is 11.3 Å². The number of benzene rings is 1. The Morgan fingerprint density at radius 2 is 1.89 bits per heavy atom. The summed E-state index contributed by atoms with van der Waals surface area (Å²) in [5.74, 6) is 0. The fraction of sp³-hybridized carbons (Fsp3) is 0.318. The summed E-state index contributed by atoms with van der Waals surface area (Å²) in [6.07, 6.45) is 9.50. The Labute approximate surface area is 164 Å². The minimum atomic E-state index is 0.851. The normalized spacial score (nSPS) is 15.2. The van der Waals surface area contributed by atoms with Gasteiger partial charge < -0.3 is 0 Å². The summed E-state index contributed by atoms with van der Waals surface area (Å²) in [5.41, 5.74) is 7.01. The van der Waals surface area contributed by atoms with Crippen LogP contribution in [0.5, 0.6) is 0 Å². The Kier molecular flexibility index (Phi) is 5.30. The smallest absolute Gasteiger partial charge is 0.211 e. The molecule has 0 saturated heterocycles. The Morgan fingerprint density at radius 1 is 1.04 bits per heavy atom. The standard InChI is InChI=1S/C22H24N4S/c1-16-10-11-18(13-17(16)2)21-15-27-22(24-20-9-6-12-23-14-20)26(21)25-19-7-4-3-5-8-19/h6,9-15H,3-5,7-8H2,1-2H3. The summed E-state index contributed by atoms with van der Waals surface area (Å²) >= 11 is 1.63. The average Bonchev–Trinajstić information content (AvgIpc) is 3.08. The molecule has 0 amide bonds. The van der Waals surface area contributed by atoms with Crippen molar-refractivity contribution in [1.29, 1.82) is 0 Å². The third-order valence-electron chi connectivity index (χ3n) is 5.03. The van der Waals surface area contributed by atoms with Gasteiger partial charge in [-0.25, -0.2) is 9.67 Å². The highest BCUT2D eigenvalue weighted by atomic mass is 32.1. The van der Waals surface area contributed by atoms with Crippen molar-refractivity contribution in [3.8, 4) is 11.3 Å². The molecule has 1 fully saturated rings. The van der Waals surface area contributed by atoms with E-state index >= 15 is 0 Å². The zero-order chi connectivity index (χ0) is 18.6. The van der Waals surface area contributed by atoms with Crippen molar-refractivity contribution in [2.45, 2.75) is 46.0 Å². The van der Waals surface area contributed by atoms with Crippen LogP contribution in [-0.4, -0.2) is 15.4 Å². The van der Waals surface area contributed by atoms with Gasteiger partial charge >= 0.3 is 0 Å². The molecule has 1 aliphatic carbocycles. The quantitative estimate of drug-likeness (QED) is 0.584. The van der Waals surface area contributed by atoms with E-state index in [0.717, 1.165) is 29.0 Å². The van der Waals surface area contributed by atoms with E-state index < -0.39 is 0 Å². The number of aromatic nitrogens is 2. The lowest BCUT2D eigenvalue weighted by atomic mass is 9.99. The lowest BCUT2D eigenvalue weighted by Crippen LogP contribution is -2.15. The monoisotopic (exact) mass is 376 g/mol. The number of aryl methyl sites for hydroxylation is 2. The predicted molar refractivity (Wildman–Crippen MR) is 113 cm³/mol. The van der Waals surface area contributed by atoms with Gasteiger partial charge in [-0.15, -0.1) is 11.3 Å². The van der Waals surface area contributed by atoms with Gasteiger partial charge in [0.25, 0.3) is 0 Å². The Morgan fingerprint density at radius 3 is 2.63 bits per heavy atom. The molecule has 0 unspecified atom stereocenters. The van der Waals surface area contributed by atoms with Crippen molar-refractivity contribution in [2.75, 3.05) is 0 Å². The van der Waals surface area contributed by atoms with E-state index in [1.165, 1.54) is 41.7 Å². The summed E-state index contributed by atoms with van der Waals surface area (Å²) in [4.78, 5) is 9.87. The molecule has 0 radical (unpaired) electrons. The van der Waals surface area contributed by atoms with Gasteiger partial charge in [0, 0.05) is 22.9 Å². The van der Waals surface area contributed by atoms with Crippen LogP contribution in [0.2, 0.25) is 0 Å². The molecule has 3 aromatic rings. The lowest BCUT2D eigenvalue weighted by molar-refractivity contribution is 0.656. The van der Waals surface area contributed by atoms with Crippen molar-refractivity contribution >= 4 is 22.7 Å². The zero-order valence-electron chi connectivity index (χ0n) is 15.9. The molecule has 2 heterocycles. The first-order valence-corrected chi connectivity index (χ1v) is 10.4. The molecule has 0 atom stereocenters. The van der Waals surface area contributed by atoms with Crippen molar-refractivity contribution < 1.29 is 0 Å². The van der Waals surface area contributed by atoms with Gasteiger partial charge in [-0.1, -0.05) is 18.6 Å². The van der Waals surface area contributed by atoms with Crippen LogP contribution in [0.1, 0.15) is 43.2 Å². The maximum absolute atomic E-state index is 5.03. The summed E-state index contributed by atoms with van der Waals surface area (Å²) in [7, 11) is 0. The van der Waals surface area contributed by atoms with E-state index in [2.05, 4.69) is 42.4 Å². The molecule has 1 aliphatic rings. The molecule has 0 bridgehead atoms. The first-order valence-electron chi connectivity index (χ1n) is 9.50. The molecule has 2 aromatic heterocycles. The molecular formula is C22H24N4S. The third kappa shape index (κ3) is 4.08. The van der Waals surface area contributed by atoms with Gasteiger partial charge in [0.1, 0.15) is 0 Å². The summed E-state index contributed by atoms with van der Waals surface area (Å²) < 4.78 is 2.03. The highest BCUT2D eigenvalue weighted by molar-refractivity contribution is 7.07. The number of rotatable bonds is 3. The fourth-order valence-corrected chi connectivity index (χ4v) is 4.15. The lowest BCUT2D eigenvalue weighted by Gasteiger charge is -2.13. The van der Waals surface area contributed by atoms with Crippen LogP contribution in [0, 0.1) is 13.8 Å². The molecule has 4 rings (SSSR count). The Bertz CT molecular complexity index is 1020. The highest BCUT2D eigenvalue weighted by Crippen LogP contribution is 2.24. The third-order valence-corrected chi connectivity index (χ3v) is 5.85. The van der Waals surface area contributed by atoms with E-state index in [9.17, 15) is 0 Å². The Hall–Kier alpha value is -2.53. The first-order chi connectivity index (χ1) is 13.2. The molecule has 0 N–H and O–H groups in total. The molecule has 0 spiro atoms. The summed E-state index contributed by atoms with van der Waals surface area (Å²) in [6, 6.07) is 10.5. The molecule has 1 saturated carbocycles. The second kappa shape index (κ2) is 8.01. The van der Waals surface area contributed by atoms with E-state index in [0.29, 0.717) is 0 Å². The number of hydrogen-bond donors (Lipinski definition) is 0. The van der Waals surface area contributed by atoms with Crippen molar-refractivity contribution in [2.24, 2.45) is 10.1 Å². The van der Waals surface area contributed by atoms with E-state index in [1.807, 2.05) is 16.8 Å². The number of thiazole rings is 1. The minimum absolute atomic E-state index is 0.851.